The maximum atomic E-state index is 12.9. The van der Waals surface area contributed by atoms with Crippen molar-refractivity contribution in [2.24, 2.45) is 7.05 Å². The van der Waals surface area contributed by atoms with E-state index in [1.807, 2.05) is 24.3 Å². The topological polar surface area (TPSA) is 66.8 Å². The monoisotopic (exact) mass is 299 g/mol. The van der Waals surface area contributed by atoms with E-state index in [9.17, 15) is 4.79 Å². The highest BCUT2D eigenvalue weighted by atomic mass is 16.2. The first-order valence-corrected chi connectivity index (χ1v) is 8.07. The Labute approximate surface area is 129 Å². The normalized spacial score (nSPS) is 22.0. The zero-order valence-corrected chi connectivity index (χ0v) is 12.8. The van der Waals surface area contributed by atoms with Gasteiger partial charge in [0.05, 0.1) is 18.4 Å². The maximum Gasteiger partial charge on any atom is 0.272 e. The molecule has 0 spiro atoms. The van der Waals surface area contributed by atoms with Crippen LogP contribution in [0.25, 0.3) is 0 Å². The van der Waals surface area contributed by atoms with Crippen LogP contribution < -0.4 is 0 Å². The Bertz CT molecular complexity index is 684. The number of rotatable bonds is 3. The first-order valence-electron chi connectivity index (χ1n) is 8.07. The molecule has 1 atom stereocenters. The summed E-state index contributed by atoms with van der Waals surface area (Å²) in [4.78, 5) is 22.5. The van der Waals surface area contributed by atoms with Crippen LogP contribution in [0.4, 0.5) is 0 Å². The molecule has 1 aliphatic carbocycles. The lowest BCUT2D eigenvalue weighted by molar-refractivity contribution is 0.0606. The van der Waals surface area contributed by atoms with Gasteiger partial charge in [0.2, 0.25) is 0 Å². The van der Waals surface area contributed by atoms with Crippen LogP contribution in [0.2, 0.25) is 0 Å². The van der Waals surface area contributed by atoms with E-state index in [1.165, 1.54) is 12.8 Å². The summed E-state index contributed by atoms with van der Waals surface area (Å²) in [5, 5.41) is 4.25. The molecule has 0 aromatic carbocycles. The van der Waals surface area contributed by atoms with Crippen LogP contribution in [-0.4, -0.2) is 37.1 Å². The molecule has 1 amide bonds. The van der Waals surface area contributed by atoms with Gasteiger partial charge in [0.1, 0.15) is 11.5 Å². The molecule has 1 unspecified atom stereocenters. The fraction of sp³-hybridized carbons (Fsp3) is 0.562. The molecule has 0 bridgehead atoms. The predicted molar refractivity (Wildman–Crippen MR) is 81.4 cm³/mol. The zero-order chi connectivity index (χ0) is 15.1. The Morgan fingerprint density at radius 2 is 2.14 bits per heavy atom. The second kappa shape index (κ2) is 5.26. The molecule has 3 heterocycles. The van der Waals surface area contributed by atoms with Crippen molar-refractivity contribution in [1.82, 2.24) is 24.6 Å². The molecule has 2 aliphatic rings. The van der Waals surface area contributed by atoms with Crippen molar-refractivity contribution in [2.75, 3.05) is 6.54 Å². The summed E-state index contributed by atoms with van der Waals surface area (Å²) in [5.41, 5.74) is 1.75. The molecule has 1 saturated carbocycles. The minimum Gasteiger partial charge on any atom is -0.338 e. The zero-order valence-electron chi connectivity index (χ0n) is 12.8. The number of carbonyl (C=O) groups excluding carboxylic acids is 1. The summed E-state index contributed by atoms with van der Waals surface area (Å²) in [6.45, 7) is 0.802. The lowest BCUT2D eigenvalue weighted by atomic mass is 9.97. The average Bonchev–Trinajstić information content (AvgIpc) is 3.11. The quantitative estimate of drug-likeness (QED) is 0.946. The molecule has 2 fully saturated rings. The predicted octanol–water partition coefficient (Wildman–Crippen LogP) is 2.39. The standard InChI is InChI=1S/C16H21N5O/c1-20-10-12(8-18-20)14-4-2-3-7-21(14)16(22)13-9-17-15(19-13)11-5-6-11/h8-11,14H,2-7H2,1H3,(H,17,19). The number of H-pyrrole nitrogens is 1. The molecule has 6 nitrogen and oxygen atoms in total. The molecule has 6 heteroatoms. The average molecular weight is 299 g/mol. The third-order valence-corrected chi connectivity index (χ3v) is 4.66. The van der Waals surface area contributed by atoms with Crippen LogP contribution >= 0.6 is 0 Å². The number of aryl methyl sites for hydroxylation is 1. The fourth-order valence-electron chi connectivity index (χ4n) is 3.30. The minimum absolute atomic E-state index is 0.0629. The van der Waals surface area contributed by atoms with Crippen molar-refractivity contribution < 1.29 is 4.79 Å². The van der Waals surface area contributed by atoms with E-state index in [-0.39, 0.29) is 11.9 Å². The van der Waals surface area contributed by atoms with Crippen LogP contribution in [0.1, 0.15) is 65.9 Å². The number of carbonyl (C=O) groups is 1. The lowest BCUT2D eigenvalue weighted by Crippen LogP contribution is -2.38. The molecular formula is C16H21N5O. The molecule has 1 N–H and O–H groups in total. The van der Waals surface area contributed by atoms with Gasteiger partial charge in [0, 0.05) is 31.3 Å². The van der Waals surface area contributed by atoms with Gasteiger partial charge in [0.25, 0.3) is 5.91 Å². The molecule has 2 aromatic rings. The van der Waals surface area contributed by atoms with Gasteiger partial charge in [-0.3, -0.25) is 9.48 Å². The second-order valence-electron chi connectivity index (χ2n) is 6.41. The van der Waals surface area contributed by atoms with Gasteiger partial charge < -0.3 is 9.88 Å². The van der Waals surface area contributed by atoms with Crippen LogP contribution in [0.15, 0.2) is 18.6 Å². The number of nitrogens with one attached hydrogen (secondary N) is 1. The Hall–Kier alpha value is -2.11. The highest BCUT2D eigenvalue weighted by Gasteiger charge is 2.32. The van der Waals surface area contributed by atoms with Gasteiger partial charge in [-0.05, 0) is 32.1 Å². The molecule has 0 radical (unpaired) electrons. The minimum atomic E-state index is 0.0629. The second-order valence-corrected chi connectivity index (χ2v) is 6.41. The SMILES string of the molecule is Cn1cc(C2CCCCN2C(=O)c2cnc(C3CC3)[nH]2)cn1. The molecule has 116 valence electrons. The fourth-order valence-corrected chi connectivity index (χ4v) is 3.30. The number of amides is 1. The van der Waals surface area contributed by atoms with E-state index in [0.29, 0.717) is 11.6 Å². The highest BCUT2D eigenvalue weighted by molar-refractivity contribution is 5.92. The summed E-state index contributed by atoms with van der Waals surface area (Å²) < 4.78 is 1.80. The van der Waals surface area contributed by atoms with Gasteiger partial charge in [-0.15, -0.1) is 0 Å². The largest absolute Gasteiger partial charge is 0.338 e. The smallest absolute Gasteiger partial charge is 0.272 e. The van der Waals surface area contributed by atoms with Crippen molar-refractivity contribution in [3.63, 3.8) is 0 Å². The maximum absolute atomic E-state index is 12.9. The number of nitrogens with zero attached hydrogens (tertiary/aromatic N) is 4. The first kappa shape index (κ1) is 13.5. The summed E-state index contributed by atoms with van der Waals surface area (Å²) in [5.74, 6) is 1.57. The van der Waals surface area contributed by atoms with Crippen molar-refractivity contribution in [2.45, 2.75) is 44.1 Å². The van der Waals surface area contributed by atoms with E-state index < -0.39 is 0 Å². The van der Waals surface area contributed by atoms with Gasteiger partial charge in [0.15, 0.2) is 0 Å². The third kappa shape index (κ3) is 2.42. The Morgan fingerprint density at radius 3 is 2.86 bits per heavy atom. The molecule has 1 saturated heterocycles. The summed E-state index contributed by atoms with van der Waals surface area (Å²) in [7, 11) is 1.91. The highest BCUT2D eigenvalue weighted by Crippen LogP contribution is 2.38. The Balaban J connectivity index is 1.58. The van der Waals surface area contributed by atoms with Gasteiger partial charge >= 0.3 is 0 Å². The first-order chi connectivity index (χ1) is 10.7. The van der Waals surface area contributed by atoms with E-state index in [4.69, 9.17) is 0 Å². The van der Waals surface area contributed by atoms with Crippen molar-refractivity contribution in [3.8, 4) is 0 Å². The van der Waals surface area contributed by atoms with Crippen LogP contribution in [0, 0.1) is 0 Å². The number of likely N-dealkylation sites (tertiary alicyclic amines) is 1. The number of imidazole rings is 1. The summed E-state index contributed by atoms with van der Waals surface area (Å²) in [6.07, 6.45) is 11.2. The lowest BCUT2D eigenvalue weighted by Gasteiger charge is -2.35. The third-order valence-electron chi connectivity index (χ3n) is 4.66. The Morgan fingerprint density at radius 1 is 1.27 bits per heavy atom. The molecule has 1 aliphatic heterocycles. The van der Waals surface area contributed by atoms with Crippen molar-refractivity contribution in [3.05, 3.63) is 35.7 Å². The molecule has 2 aromatic heterocycles. The summed E-state index contributed by atoms with van der Waals surface area (Å²) >= 11 is 0. The van der Waals surface area contributed by atoms with Crippen LogP contribution in [0.5, 0.6) is 0 Å². The van der Waals surface area contributed by atoms with Crippen molar-refractivity contribution >= 4 is 5.91 Å². The van der Waals surface area contributed by atoms with Gasteiger partial charge in [-0.2, -0.15) is 5.10 Å². The van der Waals surface area contributed by atoms with E-state index in [1.54, 1.807) is 10.9 Å². The molecular weight excluding hydrogens is 278 g/mol. The van der Waals surface area contributed by atoms with Gasteiger partial charge in [-0.1, -0.05) is 0 Å². The molecule has 4 rings (SSSR count). The number of hydrogen-bond donors (Lipinski definition) is 1. The molecule has 22 heavy (non-hydrogen) atoms. The van der Waals surface area contributed by atoms with Crippen LogP contribution in [0.3, 0.4) is 0 Å². The van der Waals surface area contributed by atoms with E-state index in [2.05, 4.69) is 15.1 Å². The number of aromatic nitrogens is 4. The Kier molecular flexibility index (Phi) is 3.24. The number of aromatic amines is 1. The summed E-state index contributed by atoms with van der Waals surface area (Å²) in [6, 6.07) is 0.127. The van der Waals surface area contributed by atoms with E-state index in [0.717, 1.165) is 37.2 Å². The number of piperidine rings is 1. The van der Waals surface area contributed by atoms with Gasteiger partial charge in [-0.25, -0.2) is 4.98 Å². The number of hydrogen-bond acceptors (Lipinski definition) is 3. The van der Waals surface area contributed by atoms with Crippen molar-refractivity contribution in [1.29, 1.82) is 0 Å². The van der Waals surface area contributed by atoms with Crippen LogP contribution in [-0.2, 0) is 7.05 Å². The van der Waals surface area contributed by atoms with E-state index >= 15 is 0 Å².